The van der Waals surface area contributed by atoms with Crippen LogP contribution in [0.5, 0.6) is 11.8 Å². The van der Waals surface area contributed by atoms with E-state index in [1.807, 2.05) is 47.4 Å². The first-order chi connectivity index (χ1) is 24.7. The fraction of sp³-hybridized carbons (Fsp3) is 0.421. The maximum atomic E-state index is 14.7. The number of hydrogen-bond acceptors (Lipinski definition) is 7. The Kier molecular flexibility index (Phi) is 8.89. The number of rotatable bonds is 9. The number of amides is 1. The number of hydrogen-bond donors (Lipinski definition) is 0. The van der Waals surface area contributed by atoms with Gasteiger partial charge in [0.25, 0.3) is 5.91 Å². The van der Waals surface area contributed by atoms with E-state index < -0.39 is 29.5 Å². The topological polar surface area (TPSA) is 75.4 Å². The van der Waals surface area contributed by atoms with Crippen LogP contribution in [-0.2, 0) is 4.79 Å². The molecule has 0 N–H and O–H groups in total. The minimum absolute atomic E-state index is 0.0315. The molecule has 0 unspecified atom stereocenters. The number of benzene rings is 3. The number of piperazine rings is 1. The highest BCUT2D eigenvalue weighted by Gasteiger charge is 2.49. The third-order valence-corrected chi connectivity index (χ3v) is 11.2. The third-order valence-electron chi connectivity index (χ3n) is 10.6. The van der Waals surface area contributed by atoms with E-state index in [1.54, 1.807) is 0 Å². The number of fused-ring (bicyclic) bond motifs is 3. The summed E-state index contributed by atoms with van der Waals surface area (Å²) < 4.78 is 41.8. The number of alkyl halides is 1. The molecule has 4 aliphatic rings. The van der Waals surface area contributed by atoms with Crippen molar-refractivity contribution >= 4 is 56.6 Å². The van der Waals surface area contributed by atoms with E-state index in [9.17, 15) is 13.6 Å². The summed E-state index contributed by atoms with van der Waals surface area (Å²) in [5.74, 6) is -0.938. The first kappa shape index (κ1) is 33.9. The van der Waals surface area contributed by atoms with Crippen molar-refractivity contribution in [3.8, 4) is 22.9 Å². The van der Waals surface area contributed by atoms with Gasteiger partial charge < -0.3 is 24.1 Å². The minimum atomic E-state index is -1.07. The average Bonchev–Trinajstić information content (AvgIpc) is 3.77. The van der Waals surface area contributed by atoms with Crippen molar-refractivity contribution in [1.29, 1.82) is 0 Å². The van der Waals surface area contributed by atoms with Crippen molar-refractivity contribution in [3.05, 3.63) is 76.3 Å². The largest absolute Gasteiger partial charge is 0.487 e. The molecular formula is C38H36Cl2F2N6O3. The van der Waals surface area contributed by atoms with Crippen LogP contribution in [0.25, 0.3) is 37.6 Å². The molecule has 3 saturated heterocycles. The smallest absolute Gasteiger partial charge is 0.319 e. The molecule has 4 heterocycles. The van der Waals surface area contributed by atoms with E-state index in [-0.39, 0.29) is 44.9 Å². The maximum Gasteiger partial charge on any atom is 0.319 e. The molecule has 1 saturated carbocycles. The molecule has 264 valence electrons. The highest BCUT2D eigenvalue weighted by Crippen LogP contribution is 2.49. The minimum Gasteiger partial charge on any atom is -0.487 e. The van der Waals surface area contributed by atoms with E-state index in [4.69, 9.17) is 49.2 Å². The molecule has 9 nitrogen and oxygen atoms in total. The predicted molar refractivity (Wildman–Crippen MR) is 194 cm³/mol. The summed E-state index contributed by atoms with van der Waals surface area (Å²) in [5, 5.41) is 3.35. The Morgan fingerprint density at radius 1 is 1.10 bits per heavy atom. The van der Waals surface area contributed by atoms with Crippen LogP contribution < -0.4 is 14.4 Å². The zero-order valence-corrected chi connectivity index (χ0v) is 29.4. The molecule has 3 atom stereocenters. The number of carbonyl (C=O) groups excluding carboxylic acids is 1. The number of carbonyl (C=O) groups is 1. The lowest BCUT2D eigenvalue weighted by atomic mass is 9.95. The van der Waals surface area contributed by atoms with Crippen LogP contribution in [0.15, 0.2) is 54.9 Å². The average molecular weight is 734 g/mol. The van der Waals surface area contributed by atoms with Gasteiger partial charge in [0.05, 0.1) is 16.7 Å². The third kappa shape index (κ3) is 6.21. The summed E-state index contributed by atoms with van der Waals surface area (Å²) >= 11 is 14.0. The lowest BCUT2D eigenvalue weighted by molar-refractivity contribution is -0.131. The summed E-state index contributed by atoms with van der Waals surface area (Å²) in [6.45, 7) is 12.8. The molecule has 51 heavy (non-hydrogen) atoms. The first-order valence-corrected chi connectivity index (χ1v) is 18.1. The monoisotopic (exact) mass is 732 g/mol. The summed E-state index contributed by atoms with van der Waals surface area (Å²) in [7, 11) is 0. The van der Waals surface area contributed by atoms with E-state index in [0.29, 0.717) is 51.0 Å². The summed E-state index contributed by atoms with van der Waals surface area (Å²) in [4.78, 5) is 31.7. The summed E-state index contributed by atoms with van der Waals surface area (Å²) in [5.41, 5.74) is 1.49. The van der Waals surface area contributed by atoms with Crippen molar-refractivity contribution < 1.29 is 23.0 Å². The fourth-order valence-corrected chi connectivity index (χ4v) is 8.66. The molecule has 4 fully saturated rings. The quantitative estimate of drug-likeness (QED) is 0.129. The van der Waals surface area contributed by atoms with E-state index in [0.717, 1.165) is 48.6 Å². The second kappa shape index (κ2) is 13.4. The lowest BCUT2D eigenvalue weighted by Gasteiger charge is -2.40. The van der Waals surface area contributed by atoms with E-state index >= 15 is 0 Å². The number of aromatic nitrogens is 2. The fourth-order valence-electron chi connectivity index (χ4n) is 8.08. The number of halogens is 4. The normalized spacial score (nSPS) is 23.4. The molecule has 0 radical (unpaired) electrons. The van der Waals surface area contributed by atoms with Crippen LogP contribution in [-0.4, -0.2) is 95.4 Å². The number of anilines is 1. The van der Waals surface area contributed by atoms with Gasteiger partial charge in [-0.2, -0.15) is 9.97 Å². The molecule has 1 amide bonds. The van der Waals surface area contributed by atoms with Gasteiger partial charge in [0, 0.05) is 54.0 Å². The van der Waals surface area contributed by atoms with Crippen molar-refractivity contribution in [2.24, 2.45) is 0 Å². The molecular weight excluding hydrogens is 697 g/mol. The Morgan fingerprint density at radius 2 is 1.90 bits per heavy atom. The molecule has 3 aliphatic heterocycles. The van der Waals surface area contributed by atoms with E-state index in [1.165, 1.54) is 4.90 Å². The molecule has 0 spiro atoms. The van der Waals surface area contributed by atoms with Gasteiger partial charge in [-0.1, -0.05) is 60.1 Å². The Bertz CT molecular complexity index is 2100. The van der Waals surface area contributed by atoms with Crippen LogP contribution in [0.3, 0.4) is 0 Å². The van der Waals surface area contributed by atoms with Gasteiger partial charge in [-0.3, -0.25) is 9.69 Å². The van der Waals surface area contributed by atoms with Gasteiger partial charge >= 0.3 is 6.01 Å². The van der Waals surface area contributed by atoms with Crippen LogP contribution in [0, 0.1) is 6.57 Å². The standard InChI is InChI=1S/C38H36Cl2F2N6O3/c1-22(41)36(49)48-15-14-46(20-25(48)18-43-2)35-28-16-30(40)32(27-8-3-6-23-7-4-9-29(39)31(23)27)34(51-26-10-11-26)33(28)44-37(45-35)50-21-38-12-5-13-47(38)19-24(42)17-38/h3-4,6-9,16,24-26H,1,5,10-15,17-21H2/t24-,25+,38+/m1/s1. The summed E-state index contributed by atoms with van der Waals surface area (Å²) in [6.07, 6.45) is 2.97. The van der Waals surface area contributed by atoms with Crippen molar-refractivity contribution in [2.45, 2.75) is 56.0 Å². The van der Waals surface area contributed by atoms with Gasteiger partial charge in [-0.25, -0.2) is 15.4 Å². The molecule has 4 aromatic rings. The Hall–Kier alpha value is -4.24. The molecule has 1 aromatic heterocycles. The maximum absolute atomic E-state index is 14.7. The van der Waals surface area contributed by atoms with E-state index in [2.05, 4.69) is 16.3 Å². The van der Waals surface area contributed by atoms with Crippen LogP contribution >= 0.6 is 23.2 Å². The van der Waals surface area contributed by atoms with Crippen LogP contribution in [0.4, 0.5) is 14.6 Å². The summed E-state index contributed by atoms with van der Waals surface area (Å²) in [6, 6.07) is 12.9. The van der Waals surface area contributed by atoms with Gasteiger partial charge in [0.15, 0.2) is 11.6 Å². The molecule has 0 bridgehead atoms. The van der Waals surface area contributed by atoms with Gasteiger partial charge in [-0.15, -0.1) is 0 Å². The van der Waals surface area contributed by atoms with Crippen LogP contribution in [0.2, 0.25) is 10.0 Å². The predicted octanol–water partition coefficient (Wildman–Crippen LogP) is 7.67. The molecule has 1 aliphatic carbocycles. The highest BCUT2D eigenvalue weighted by molar-refractivity contribution is 6.38. The Labute approximate surface area is 304 Å². The second-order valence-electron chi connectivity index (χ2n) is 14.0. The zero-order chi connectivity index (χ0) is 35.4. The van der Waals surface area contributed by atoms with Crippen LogP contribution in [0.1, 0.15) is 32.1 Å². The lowest BCUT2D eigenvalue weighted by Crippen LogP contribution is -2.56. The van der Waals surface area contributed by atoms with Gasteiger partial charge in [0.2, 0.25) is 6.54 Å². The van der Waals surface area contributed by atoms with Crippen molar-refractivity contribution in [2.75, 3.05) is 50.8 Å². The molecule has 3 aromatic carbocycles. The first-order valence-electron chi connectivity index (χ1n) is 17.3. The van der Waals surface area contributed by atoms with Gasteiger partial charge in [-0.05, 0) is 55.3 Å². The number of ether oxygens (including phenoxy) is 2. The SMILES string of the molecule is [C-]#[N+]C[C@H]1CN(c2nc(OC[C@@]34CCCN3C[C@H](F)C4)nc3c(OC4CC4)c(-c4cccc5cccc(Cl)c45)c(Cl)cc23)CCN1C(=O)C(=C)F. The van der Waals surface area contributed by atoms with Crippen molar-refractivity contribution in [1.82, 2.24) is 19.8 Å². The van der Waals surface area contributed by atoms with Gasteiger partial charge in [0.1, 0.15) is 30.2 Å². The second-order valence-corrected chi connectivity index (χ2v) is 14.8. The Morgan fingerprint density at radius 3 is 2.67 bits per heavy atom. The molecule has 8 rings (SSSR count). The Balaban J connectivity index is 1.29. The van der Waals surface area contributed by atoms with Crippen molar-refractivity contribution in [3.63, 3.8) is 0 Å². The molecule has 13 heteroatoms. The zero-order valence-electron chi connectivity index (χ0n) is 27.9. The number of nitrogens with zero attached hydrogens (tertiary/aromatic N) is 6. The highest BCUT2D eigenvalue weighted by atomic mass is 35.5.